The van der Waals surface area contributed by atoms with Crippen LogP contribution in [0.3, 0.4) is 0 Å². The average Bonchev–Trinajstić information content (AvgIpc) is 3.37. The van der Waals surface area contributed by atoms with Crippen LogP contribution in [0.5, 0.6) is 5.75 Å². The number of nitrogens with zero attached hydrogens (tertiary/aromatic N) is 9. The molecule has 4 aromatic rings. The number of nitrogens with one attached hydrogen (secondary N) is 2. The lowest BCUT2D eigenvalue weighted by molar-refractivity contribution is 0.284. The van der Waals surface area contributed by atoms with Crippen molar-refractivity contribution >= 4 is 117 Å². The van der Waals surface area contributed by atoms with Crippen molar-refractivity contribution in [3.8, 4) is 5.75 Å². The van der Waals surface area contributed by atoms with Gasteiger partial charge >= 0.3 is 10.4 Å². The molecule has 0 spiro atoms. The molecular weight excluding hydrogens is 980 g/mol. The van der Waals surface area contributed by atoms with Gasteiger partial charge in [-0.3, -0.25) is 13.7 Å². The summed E-state index contributed by atoms with van der Waals surface area (Å²) in [5, 5.41) is 37.3. The number of rotatable bonds is 17. The highest BCUT2D eigenvalue weighted by atomic mass is 32.3. The van der Waals surface area contributed by atoms with Gasteiger partial charge in [0.1, 0.15) is 32.7 Å². The molecule has 29 nitrogen and oxygen atoms in total. The van der Waals surface area contributed by atoms with Crippen molar-refractivity contribution in [1.29, 1.82) is 0 Å². The zero-order chi connectivity index (χ0) is 47.4. The first-order chi connectivity index (χ1) is 29.9. The van der Waals surface area contributed by atoms with Gasteiger partial charge in [-0.15, -0.1) is 30.1 Å². The maximum atomic E-state index is 12.6. The number of phenols is 1. The minimum atomic E-state index is -5.17. The molecule has 0 saturated heterocycles. The highest BCUT2D eigenvalue weighted by molar-refractivity contribution is 8.30. The lowest BCUT2D eigenvalue weighted by atomic mass is 10.1. The quantitative estimate of drug-likeness (QED) is 0.0204. The van der Waals surface area contributed by atoms with Crippen molar-refractivity contribution in [3.63, 3.8) is 0 Å². The third-order valence-electron chi connectivity index (χ3n) is 8.12. The number of nitrogen functional groups attached to an aromatic ring is 1. The predicted molar refractivity (Wildman–Crippen MR) is 231 cm³/mol. The fraction of sp³-hybridized carbons (Fsp3) is 0.103. The number of aliphatic hydroxyl groups excluding tert-OH is 1. The van der Waals surface area contributed by atoms with E-state index in [1.165, 1.54) is 18.2 Å². The first-order valence-electron chi connectivity index (χ1n) is 16.5. The Bertz CT molecular complexity index is 3200. The molecule has 4 aromatic carbocycles. The smallest absolute Gasteiger partial charge is 0.397 e. The van der Waals surface area contributed by atoms with Gasteiger partial charge in [-0.05, 0) is 66.1 Å². The third-order valence-corrected chi connectivity index (χ3v) is 13.7. The molecule has 0 radical (unpaired) electrons. The number of hydrogen-bond donors (Lipinski definition) is 8. The van der Waals surface area contributed by atoms with E-state index in [0.717, 1.165) is 30.3 Å². The zero-order valence-corrected chi connectivity index (χ0v) is 36.5. The van der Waals surface area contributed by atoms with Crippen LogP contribution in [0.2, 0.25) is 0 Å². The summed E-state index contributed by atoms with van der Waals surface area (Å²) in [7, 11) is -22.1. The number of nitrogens with two attached hydrogens (primary N) is 1. The summed E-state index contributed by atoms with van der Waals surface area (Å²) in [6.45, 7) is -0.854. The van der Waals surface area contributed by atoms with Crippen molar-refractivity contribution in [2.45, 2.75) is 26.0 Å². The molecule has 0 aliphatic carbocycles. The number of phenolic OH excluding ortho intramolecular Hbond substituents is 1. The van der Waals surface area contributed by atoms with E-state index >= 15 is 0 Å². The van der Waals surface area contributed by atoms with Crippen LogP contribution in [0.25, 0.3) is 10.8 Å². The lowest BCUT2D eigenvalue weighted by Gasteiger charge is -2.19. The molecule has 5 rings (SSSR count). The lowest BCUT2D eigenvalue weighted by Crippen LogP contribution is -2.15. The van der Waals surface area contributed by atoms with E-state index in [0.29, 0.717) is 12.1 Å². The molecule has 0 amide bonds. The summed E-state index contributed by atoms with van der Waals surface area (Å²) < 4.78 is 136. The molecule has 0 aromatic heterocycles. The van der Waals surface area contributed by atoms with Gasteiger partial charge in [-0.1, -0.05) is 0 Å². The normalized spacial score (nSPS) is 14.4. The number of hydrogen-bond acceptors (Lipinski definition) is 25. The van der Waals surface area contributed by atoms with Gasteiger partial charge in [0.15, 0.2) is 32.1 Å². The van der Waals surface area contributed by atoms with E-state index < -0.39 is 123 Å². The molecule has 1 heterocycles. The first kappa shape index (κ1) is 48.7. The van der Waals surface area contributed by atoms with Gasteiger partial charge in [-0.2, -0.15) is 40.1 Å². The van der Waals surface area contributed by atoms with Crippen LogP contribution in [-0.4, -0.2) is 81.8 Å². The van der Waals surface area contributed by atoms with Crippen LogP contribution in [0, 0.1) is 14.7 Å². The summed E-state index contributed by atoms with van der Waals surface area (Å²) >= 11 is 0. The second-order valence-corrected chi connectivity index (χ2v) is 20.3. The predicted octanol–water partition coefficient (Wildman–Crippen LogP) is 5.79. The van der Waals surface area contributed by atoms with E-state index in [1.54, 1.807) is 9.39 Å². The molecular formula is C29H27N12O17PS5. The maximum absolute atomic E-state index is 12.6. The molecule has 1 unspecified atom stereocenters. The standard InChI is InChI=1S/C29H27N12O17PS5/c30-25-24-14(12-21(63(52,53)54)26(25)37-38-59)11-20(61(39-44,40-45)41-46)27(28(24)43)36-35-18-13-16(3-6-19(18)62(49,50)51)32-29-33-22(7-8-23(42)34-29)31-15-1-4-17(5-2-15)60(47,48)10-9-58-64(55,56)57/h1-7,11-13,31,43H,8-10,30,59H2,(H,49,50,51)(H,52,53,54)(H,55,56,57)(H2,32,33,34,42). The molecule has 9 N–H and O–H groups in total. The van der Waals surface area contributed by atoms with E-state index in [4.69, 9.17) is 10.3 Å². The summed E-state index contributed by atoms with van der Waals surface area (Å²) in [4.78, 5) is 44.1. The molecule has 0 fully saturated rings. The van der Waals surface area contributed by atoms with Crippen LogP contribution in [-0.2, 0) is 44.7 Å². The average molecular weight is 1010 g/mol. The number of fused-ring (bicyclic) bond motifs is 1. The largest absolute Gasteiger partial charge is 0.505 e. The molecule has 0 bridgehead atoms. The van der Waals surface area contributed by atoms with Crippen molar-refractivity contribution in [3.05, 3.63) is 81.2 Å². The van der Waals surface area contributed by atoms with Crippen LogP contribution in [0.15, 0.2) is 130 Å². The van der Waals surface area contributed by atoms with E-state index in [-0.39, 0.29) is 34.5 Å². The number of benzene rings is 4. The van der Waals surface area contributed by atoms with Crippen molar-refractivity contribution in [2.75, 3.05) is 28.7 Å². The minimum absolute atomic E-state index is 0.00822. The van der Waals surface area contributed by atoms with Gasteiger partial charge in [0.25, 0.3) is 20.2 Å². The number of aliphatic imine (C=N–C) groups is 2. The third kappa shape index (κ3) is 11.0. The van der Waals surface area contributed by atoms with Crippen molar-refractivity contribution < 1.29 is 61.7 Å². The van der Waals surface area contributed by atoms with Gasteiger partial charge < -0.3 is 26.6 Å². The zero-order valence-electron chi connectivity index (χ0n) is 31.3. The van der Waals surface area contributed by atoms with Gasteiger partial charge in [0.05, 0.1) is 33.2 Å². The number of nitroso groups, excluding NO2 is 3. The fourth-order valence-corrected chi connectivity index (χ4v) is 9.28. The highest BCUT2D eigenvalue weighted by Crippen LogP contribution is 2.65. The SMILES string of the molecule is Nc1c(N=NP)c(S(=O)(=O)O)cc2cc(S(N=O)(N=O)N=O)c(N=Nc3cc(NC4=NC(Nc5ccc(S(=O)(=O)CCOS(=O)(=O)O)cc5)=CCC(O)=N4)ccc3S(=O)(=O)O)c(O)c12. The second kappa shape index (κ2) is 18.8. The molecule has 1 aliphatic rings. The summed E-state index contributed by atoms with van der Waals surface area (Å²) in [6, 6.07) is 9.05. The number of guanidine groups is 1. The molecule has 35 heteroatoms. The topological polar surface area (TPSA) is 459 Å². The Kier molecular flexibility index (Phi) is 14.3. The Balaban J connectivity index is 1.56. The second-order valence-electron chi connectivity index (χ2n) is 12.2. The summed E-state index contributed by atoms with van der Waals surface area (Å²) in [5.74, 6) is -2.83. The first-order valence-corrected chi connectivity index (χ1v) is 24.4. The Labute approximate surface area is 363 Å². The number of aliphatic hydroxyl groups is 1. The Morgan fingerprint density at radius 1 is 0.734 bits per heavy atom. The van der Waals surface area contributed by atoms with E-state index in [2.05, 4.69) is 58.8 Å². The minimum Gasteiger partial charge on any atom is -0.505 e. The number of aromatic hydroxyl groups is 1. The Morgan fingerprint density at radius 3 is 1.92 bits per heavy atom. The molecule has 1 atom stereocenters. The molecule has 0 saturated carbocycles. The van der Waals surface area contributed by atoms with Gasteiger partial charge in [0.2, 0.25) is 5.96 Å². The summed E-state index contributed by atoms with van der Waals surface area (Å²) in [6.07, 6.45) is 1.16. The monoisotopic (exact) mass is 1010 g/mol. The maximum Gasteiger partial charge on any atom is 0.397 e. The van der Waals surface area contributed by atoms with Crippen LogP contribution in [0.4, 0.5) is 34.1 Å². The number of azo groups is 1. The van der Waals surface area contributed by atoms with Gasteiger partial charge in [-0.25, -0.2) is 12.6 Å². The van der Waals surface area contributed by atoms with Crippen molar-refractivity contribution in [1.82, 2.24) is 0 Å². The van der Waals surface area contributed by atoms with Gasteiger partial charge in [0, 0.05) is 40.9 Å². The number of sulfone groups is 1. The molecule has 340 valence electrons. The van der Waals surface area contributed by atoms with Crippen molar-refractivity contribution in [2.24, 2.45) is 44.0 Å². The van der Waals surface area contributed by atoms with E-state index in [9.17, 15) is 67.7 Å². The number of anilines is 3. The highest BCUT2D eigenvalue weighted by Gasteiger charge is 2.38. The van der Waals surface area contributed by atoms with Crippen LogP contribution >= 0.6 is 20.0 Å². The summed E-state index contributed by atoms with van der Waals surface area (Å²) in [5.41, 5.74) is 2.99. The van der Waals surface area contributed by atoms with Crippen LogP contribution in [0.1, 0.15) is 6.42 Å². The molecule has 64 heavy (non-hydrogen) atoms. The molecule has 1 aliphatic heterocycles. The Hall–Kier alpha value is -6.36. The van der Waals surface area contributed by atoms with E-state index in [1.807, 2.05) is 0 Å². The van der Waals surface area contributed by atoms with Crippen LogP contribution < -0.4 is 16.4 Å². The Morgan fingerprint density at radius 2 is 1.34 bits per heavy atom. The fourth-order valence-electron chi connectivity index (χ4n) is 5.40.